The molecule has 0 unspecified atom stereocenters. The third-order valence-electron chi connectivity index (χ3n) is 6.17. The van der Waals surface area contributed by atoms with E-state index in [1.807, 2.05) is 0 Å². The van der Waals surface area contributed by atoms with Crippen molar-refractivity contribution in [1.29, 1.82) is 0 Å². The van der Waals surface area contributed by atoms with Gasteiger partial charge in [-0.05, 0) is 56.0 Å². The number of carbonyl (C=O) groups excluding carboxylic acids is 2. The number of piperidine rings is 1. The highest BCUT2D eigenvalue weighted by Gasteiger charge is 2.34. The van der Waals surface area contributed by atoms with Gasteiger partial charge in [0.1, 0.15) is 5.52 Å². The lowest BCUT2D eigenvalue weighted by molar-refractivity contribution is 0.0652. The van der Waals surface area contributed by atoms with Gasteiger partial charge in [-0.25, -0.2) is 13.4 Å². The van der Waals surface area contributed by atoms with Gasteiger partial charge in [0, 0.05) is 25.4 Å². The fraction of sp³-hybridized carbons (Fsp3) is 0.375. The van der Waals surface area contributed by atoms with E-state index in [4.69, 9.17) is 4.42 Å². The van der Waals surface area contributed by atoms with Crippen molar-refractivity contribution in [3.05, 3.63) is 53.6 Å². The lowest BCUT2D eigenvalue weighted by Gasteiger charge is -2.25. The molecule has 1 fully saturated rings. The Labute approximate surface area is 202 Å². The van der Waals surface area contributed by atoms with Gasteiger partial charge in [0.05, 0.1) is 16.0 Å². The highest BCUT2D eigenvalue weighted by molar-refractivity contribution is 7.99. The minimum atomic E-state index is -3.52. The zero-order chi connectivity index (χ0) is 23.7. The lowest BCUT2D eigenvalue weighted by atomic mass is 10.1. The van der Waals surface area contributed by atoms with E-state index in [-0.39, 0.29) is 16.7 Å². The predicted octanol–water partition coefficient (Wildman–Crippen LogP) is 4.17. The summed E-state index contributed by atoms with van der Waals surface area (Å²) in [4.78, 5) is 30.8. The summed E-state index contributed by atoms with van der Waals surface area (Å²) in [7, 11) is -3.52. The number of benzene rings is 2. The Morgan fingerprint density at radius 1 is 0.941 bits per heavy atom. The zero-order valence-electron chi connectivity index (χ0n) is 18.6. The van der Waals surface area contributed by atoms with Gasteiger partial charge in [-0.15, -0.1) is 0 Å². The number of fused-ring (bicyclic) bond motifs is 2. The average molecular weight is 500 g/mol. The maximum Gasteiger partial charge on any atom is 0.261 e. The molecule has 10 heteroatoms. The van der Waals surface area contributed by atoms with Crippen LogP contribution in [0, 0.1) is 0 Å². The van der Waals surface area contributed by atoms with Gasteiger partial charge in [0.15, 0.2) is 5.58 Å². The number of unbranched alkanes of at least 4 members (excludes halogenated alkanes) is 1. The highest BCUT2D eigenvalue weighted by atomic mass is 32.2. The molecule has 0 bridgehead atoms. The number of hydrogen-bond acceptors (Lipinski definition) is 7. The number of thioether (sulfide) groups is 1. The van der Waals surface area contributed by atoms with E-state index in [0.29, 0.717) is 59.3 Å². The summed E-state index contributed by atoms with van der Waals surface area (Å²) in [5, 5.41) is 0.475. The van der Waals surface area contributed by atoms with E-state index in [2.05, 4.69) is 4.98 Å². The van der Waals surface area contributed by atoms with Crippen LogP contribution in [-0.4, -0.2) is 59.8 Å². The maximum atomic E-state index is 12.9. The Morgan fingerprint density at radius 2 is 1.65 bits per heavy atom. The quantitative estimate of drug-likeness (QED) is 0.260. The summed E-state index contributed by atoms with van der Waals surface area (Å²) in [6.07, 6.45) is 4.29. The maximum absolute atomic E-state index is 12.9. The van der Waals surface area contributed by atoms with Crippen molar-refractivity contribution < 1.29 is 22.4 Å². The standard InChI is InChI=1S/C24H25N3O5S2/c28-22-18-8-2-3-9-19(18)23(29)27(22)14-6-7-15-33-24-25-20-16-17(10-11-21(20)32-24)34(30,31)26-12-4-1-5-13-26/h2-3,8-11,16H,1,4-7,12-15H2. The Hall–Kier alpha value is -2.69. The second-order valence-corrected chi connectivity index (χ2v) is 11.4. The van der Waals surface area contributed by atoms with Crippen molar-refractivity contribution in [3.8, 4) is 0 Å². The molecule has 2 aliphatic heterocycles. The van der Waals surface area contributed by atoms with Gasteiger partial charge >= 0.3 is 0 Å². The Bertz CT molecular complexity index is 1310. The normalized spacial score (nSPS) is 17.0. The van der Waals surface area contributed by atoms with E-state index < -0.39 is 10.0 Å². The number of amides is 2. The van der Waals surface area contributed by atoms with Crippen LogP contribution in [-0.2, 0) is 10.0 Å². The van der Waals surface area contributed by atoms with Crippen LogP contribution in [0.25, 0.3) is 11.1 Å². The number of carbonyl (C=O) groups is 2. The zero-order valence-corrected chi connectivity index (χ0v) is 20.2. The van der Waals surface area contributed by atoms with E-state index in [0.717, 1.165) is 25.7 Å². The van der Waals surface area contributed by atoms with Crippen LogP contribution in [0.2, 0.25) is 0 Å². The first kappa shape index (κ1) is 23.1. The van der Waals surface area contributed by atoms with Crippen LogP contribution in [0.4, 0.5) is 0 Å². The summed E-state index contributed by atoms with van der Waals surface area (Å²) < 4.78 is 33.1. The van der Waals surface area contributed by atoms with Crippen LogP contribution in [0.1, 0.15) is 52.8 Å². The Balaban J connectivity index is 1.16. The smallest absolute Gasteiger partial charge is 0.261 e. The molecule has 3 heterocycles. The van der Waals surface area contributed by atoms with E-state index >= 15 is 0 Å². The van der Waals surface area contributed by atoms with E-state index in [9.17, 15) is 18.0 Å². The lowest BCUT2D eigenvalue weighted by Crippen LogP contribution is -2.35. The topological polar surface area (TPSA) is 101 Å². The number of rotatable bonds is 8. The van der Waals surface area contributed by atoms with Gasteiger partial charge in [-0.3, -0.25) is 14.5 Å². The van der Waals surface area contributed by atoms with Crippen molar-refractivity contribution >= 4 is 44.7 Å². The minimum Gasteiger partial charge on any atom is -0.431 e. The Kier molecular flexibility index (Phi) is 6.46. The molecule has 1 saturated heterocycles. The van der Waals surface area contributed by atoms with Gasteiger partial charge in [0.2, 0.25) is 10.0 Å². The van der Waals surface area contributed by atoms with Gasteiger partial charge < -0.3 is 4.42 Å². The number of aromatic nitrogens is 1. The molecule has 178 valence electrons. The number of hydrogen-bond donors (Lipinski definition) is 0. The molecule has 0 saturated carbocycles. The van der Waals surface area contributed by atoms with Crippen LogP contribution in [0.15, 0.2) is 57.0 Å². The van der Waals surface area contributed by atoms with Gasteiger partial charge in [-0.2, -0.15) is 4.31 Å². The second-order valence-electron chi connectivity index (χ2n) is 8.44. The van der Waals surface area contributed by atoms with Crippen molar-refractivity contribution in [2.75, 3.05) is 25.4 Å². The SMILES string of the molecule is O=C1c2ccccc2C(=O)N1CCCCSc1nc2cc(S(=O)(=O)N3CCCCC3)ccc2o1. The summed E-state index contributed by atoms with van der Waals surface area (Å²) in [6.45, 7) is 1.49. The monoisotopic (exact) mass is 499 g/mol. The molecule has 2 aromatic carbocycles. The fourth-order valence-electron chi connectivity index (χ4n) is 4.34. The molecule has 0 atom stereocenters. The van der Waals surface area contributed by atoms with E-state index in [1.165, 1.54) is 16.7 Å². The molecule has 5 rings (SSSR count). The van der Waals surface area contributed by atoms with Gasteiger partial charge in [0.25, 0.3) is 17.0 Å². The van der Waals surface area contributed by atoms with Crippen molar-refractivity contribution in [1.82, 2.24) is 14.2 Å². The van der Waals surface area contributed by atoms with Crippen molar-refractivity contribution in [2.24, 2.45) is 0 Å². The number of sulfonamides is 1. The van der Waals surface area contributed by atoms with Crippen LogP contribution >= 0.6 is 11.8 Å². The molecule has 0 aliphatic carbocycles. The van der Waals surface area contributed by atoms with Crippen LogP contribution < -0.4 is 0 Å². The molecule has 1 aromatic heterocycles. The third kappa shape index (κ3) is 4.37. The molecule has 8 nitrogen and oxygen atoms in total. The molecular formula is C24H25N3O5S2. The van der Waals surface area contributed by atoms with E-state index in [1.54, 1.807) is 46.8 Å². The first-order valence-electron chi connectivity index (χ1n) is 11.4. The number of oxazole rings is 1. The number of imide groups is 1. The summed E-state index contributed by atoms with van der Waals surface area (Å²) in [5.41, 5.74) is 2.00. The first-order chi connectivity index (χ1) is 16.4. The fourth-order valence-corrected chi connectivity index (χ4v) is 6.71. The molecule has 0 N–H and O–H groups in total. The summed E-state index contributed by atoms with van der Waals surface area (Å²) >= 11 is 1.43. The molecular weight excluding hydrogens is 474 g/mol. The predicted molar refractivity (Wildman–Crippen MR) is 128 cm³/mol. The highest BCUT2D eigenvalue weighted by Crippen LogP contribution is 2.28. The van der Waals surface area contributed by atoms with Crippen LogP contribution in [0.5, 0.6) is 0 Å². The summed E-state index contributed by atoms with van der Waals surface area (Å²) in [6, 6.07) is 11.7. The van der Waals surface area contributed by atoms with Crippen LogP contribution in [0.3, 0.4) is 0 Å². The largest absolute Gasteiger partial charge is 0.431 e. The molecule has 2 amide bonds. The van der Waals surface area contributed by atoms with Crippen molar-refractivity contribution in [3.63, 3.8) is 0 Å². The third-order valence-corrected chi connectivity index (χ3v) is 8.98. The minimum absolute atomic E-state index is 0.234. The molecule has 34 heavy (non-hydrogen) atoms. The Morgan fingerprint density at radius 3 is 2.35 bits per heavy atom. The molecule has 2 aliphatic rings. The average Bonchev–Trinajstić information content (AvgIpc) is 3.38. The van der Waals surface area contributed by atoms with Gasteiger partial charge in [-0.1, -0.05) is 30.3 Å². The molecule has 3 aromatic rings. The molecule has 0 spiro atoms. The van der Waals surface area contributed by atoms with Crippen molar-refractivity contribution in [2.45, 2.75) is 42.2 Å². The second kappa shape index (κ2) is 9.52. The first-order valence-corrected chi connectivity index (χ1v) is 13.9. The summed E-state index contributed by atoms with van der Waals surface area (Å²) in [5.74, 6) is 0.236. The molecule has 0 radical (unpaired) electrons. The number of nitrogens with zero attached hydrogens (tertiary/aromatic N) is 3.